The molecule has 0 radical (unpaired) electrons. The molecule has 2 aromatic carbocycles. The first-order valence-electron chi connectivity index (χ1n) is 12.9. The minimum atomic E-state index is 0.691. The van der Waals surface area contributed by atoms with Crippen LogP contribution in [0.3, 0.4) is 0 Å². The fourth-order valence-electron chi connectivity index (χ4n) is 6.22. The highest BCUT2D eigenvalue weighted by Gasteiger charge is 2.23. The molecule has 1 aliphatic carbocycles. The molecule has 0 amide bonds. The summed E-state index contributed by atoms with van der Waals surface area (Å²) >= 11 is 0. The van der Waals surface area contributed by atoms with Crippen LogP contribution in [0.4, 0.5) is 0 Å². The van der Waals surface area contributed by atoms with Crippen LogP contribution in [0.2, 0.25) is 0 Å². The summed E-state index contributed by atoms with van der Waals surface area (Å²) in [6.45, 7) is 5.71. The van der Waals surface area contributed by atoms with Gasteiger partial charge in [0.1, 0.15) is 5.75 Å². The number of piperidine rings is 1. The molecule has 0 aromatic heterocycles. The lowest BCUT2D eigenvalue weighted by Crippen LogP contribution is -2.37. The third-order valence-electron chi connectivity index (χ3n) is 8.16. The van der Waals surface area contributed by atoms with E-state index in [2.05, 4.69) is 47.2 Å². The van der Waals surface area contributed by atoms with Gasteiger partial charge in [0.25, 0.3) is 0 Å². The quantitative estimate of drug-likeness (QED) is 0.567. The maximum absolute atomic E-state index is 6.19. The molecular weight excluding hydrogens is 380 g/mol. The average Bonchev–Trinajstić information content (AvgIpc) is 2.81. The van der Waals surface area contributed by atoms with Crippen molar-refractivity contribution in [1.29, 1.82) is 0 Å². The van der Waals surface area contributed by atoms with Crippen molar-refractivity contribution in [2.45, 2.75) is 76.8 Å². The van der Waals surface area contributed by atoms with Gasteiger partial charge in [-0.05, 0) is 92.1 Å². The van der Waals surface area contributed by atoms with Gasteiger partial charge in [0.15, 0.2) is 0 Å². The van der Waals surface area contributed by atoms with Crippen LogP contribution in [0.1, 0.15) is 68.9 Å². The lowest BCUT2D eigenvalue weighted by atomic mass is 9.87. The third-order valence-corrected chi connectivity index (χ3v) is 8.16. The number of ether oxygens (including phenoxy) is 1. The lowest BCUT2D eigenvalue weighted by Gasteiger charge is -2.34. The minimum absolute atomic E-state index is 0.691. The first-order chi connectivity index (χ1) is 15.3. The van der Waals surface area contributed by atoms with Crippen molar-refractivity contribution in [3.63, 3.8) is 0 Å². The predicted molar refractivity (Wildman–Crippen MR) is 130 cm³/mol. The van der Waals surface area contributed by atoms with Crippen LogP contribution in [-0.2, 0) is 13.0 Å². The molecule has 3 heteroatoms. The molecule has 1 atom stereocenters. The maximum Gasteiger partial charge on any atom is 0.119 e. The molecule has 0 N–H and O–H groups in total. The highest BCUT2D eigenvalue weighted by molar-refractivity contribution is 5.88. The maximum atomic E-state index is 6.19. The van der Waals surface area contributed by atoms with E-state index in [0.717, 1.165) is 31.2 Å². The van der Waals surface area contributed by atoms with E-state index in [9.17, 15) is 0 Å². The Morgan fingerprint density at radius 2 is 1.81 bits per heavy atom. The van der Waals surface area contributed by atoms with Crippen molar-refractivity contribution in [2.75, 3.05) is 33.3 Å². The van der Waals surface area contributed by atoms with Gasteiger partial charge in [-0.1, -0.05) is 43.9 Å². The Morgan fingerprint density at radius 3 is 2.68 bits per heavy atom. The van der Waals surface area contributed by atoms with E-state index in [-0.39, 0.29) is 0 Å². The van der Waals surface area contributed by atoms with Crippen LogP contribution in [0, 0.1) is 5.92 Å². The van der Waals surface area contributed by atoms with Gasteiger partial charge in [-0.2, -0.15) is 0 Å². The van der Waals surface area contributed by atoms with E-state index in [1.807, 2.05) is 0 Å². The zero-order chi connectivity index (χ0) is 21.0. The molecule has 5 rings (SSSR count). The molecule has 2 fully saturated rings. The average molecular weight is 421 g/mol. The molecule has 2 aromatic rings. The molecule has 0 bridgehead atoms. The van der Waals surface area contributed by atoms with Gasteiger partial charge >= 0.3 is 0 Å². The first kappa shape index (κ1) is 21.3. The number of rotatable bonds is 6. The van der Waals surface area contributed by atoms with Gasteiger partial charge in [0.05, 0.1) is 6.61 Å². The second kappa shape index (κ2) is 9.92. The first-order valence-corrected chi connectivity index (χ1v) is 12.9. The van der Waals surface area contributed by atoms with Gasteiger partial charge < -0.3 is 9.64 Å². The number of fused-ring (bicyclic) bond motifs is 3. The van der Waals surface area contributed by atoms with E-state index < -0.39 is 0 Å². The Morgan fingerprint density at radius 1 is 0.935 bits per heavy atom. The van der Waals surface area contributed by atoms with Crippen LogP contribution >= 0.6 is 0 Å². The Bertz CT molecular complexity index is 873. The molecule has 2 aliphatic heterocycles. The lowest BCUT2D eigenvalue weighted by molar-refractivity contribution is 0.153. The summed E-state index contributed by atoms with van der Waals surface area (Å²) in [7, 11) is 2.26. The third kappa shape index (κ3) is 5.09. The number of nitrogens with zero attached hydrogens (tertiary/aromatic N) is 2. The van der Waals surface area contributed by atoms with Crippen LogP contribution < -0.4 is 4.74 Å². The van der Waals surface area contributed by atoms with Crippen LogP contribution in [0.5, 0.6) is 5.75 Å². The molecule has 3 aliphatic rings. The SMILES string of the molecule is CN1CCCCC1CCOc1ccc2c3c(ccc2c1)CCN(CC1CCCCC1)C3. The number of hydrogen-bond acceptors (Lipinski definition) is 3. The van der Waals surface area contributed by atoms with Gasteiger partial charge in [0, 0.05) is 25.7 Å². The summed E-state index contributed by atoms with van der Waals surface area (Å²) in [6, 6.07) is 12.2. The van der Waals surface area contributed by atoms with E-state index in [1.165, 1.54) is 88.2 Å². The van der Waals surface area contributed by atoms with Crippen molar-refractivity contribution >= 4 is 10.8 Å². The highest BCUT2D eigenvalue weighted by atomic mass is 16.5. The Kier molecular flexibility index (Phi) is 6.81. The van der Waals surface area contributed by atoms with E-state index in [1.54, 1.807) is 11.1 Å². The molecule has 31 heavy (non-hydrogen) atoms. The largest absolute Gasteiger partial charge is 0.494 e. The van der Waals surface area contributed by atoms with Crippen molar-refractivity contribution in [2.24, 2.45) is 5.92 Å². The second-order valence-electron chi connectivity index (χ2n) is 10.3. The summed E-state index contributed by atoms with van der Waals surface area (Å²) < 4.78 is 6.19. The summed E-state index contributed by atoms with van der Waals surface area (Å²) in [4.78, 5) is 5.24. The molecule has 1 saturated heterocycles. The summed E-state index contributed by atoms with van der Waals surface area (Å²) in [5.74, 6) is 1.95. The highest BCUT2D eigenvalue weighted by Crippen LogP contribution is 2.32. The van der Waals surface area contributed by atoms with Crippen LogP contribution in [0.25, 0.3) is 10.8 Å². The van der Waals surface area contributed by atoms with Gasteiger partial charge in [-0.15, -0.1) is 0 Å². The normalized spacial score (nSPS) is 23.7. The molecule has 1 saturated carbocycles. The van der Waals surface area contributed by atoms with Crippen molar-refractivity contribution < 1.29 is 4.74 Å². The van der Waals surface area contributed by atoms with Crippen molar-refractivity contribution in [3.8, 4) is 5.75 Å². The second-order valence-corrected chi connectivity index (χ2v) is 10.3. The van der Waals surface area contributed by atoms with Gasteiger partial charge in [0.2, 0.25) is 0 Å². The molecule has 3 nitrogen and oxygen atoms in total. The van der Waals surface area contributed by atoms with E-state index in [4.69, 9.17) is 4.74 Å². The zero-order valence-corrected chi connectivity index (χ0v) is 19.5. The van der Waals surface area contributed by atoms with Crippen molar-refractivity contribution in [3.05, 3.63) is 41.5 Å². The molecular formula is C28H40N2O. The topological polar surface area (TPSA) is 15.7 Å². The van der Waals surface area contributed by atoms with Gasteiger partial charge in [-0.3, -0.25) is 4.90 Å². The predicted octanol–water partition coefficient (Wildman–Crippen LogP) is 6.03. The summed E-state index contributed by atoms with van der Waals surface area (Å²) in [5.41, 5.74) is 3.12. The monoisotopic (exact) mass is 420 g/mol. The fraction of sp³-hybridized carbons (Fsp3) is 0.643. The van der Waals surface area contributed by atoms with Crippen LogP contribution in [0.15, 0.2) is 30.3 Å². The fourth-order valence-corrected chi connectivity index (χ4v) is 6.22. The summed E-state index contributed by atoms with van der Waals surface area (Å²) in [6.07, 6.45) is 13.6. The Hall–Kier alpha value is -1.58. The Labute approximate surface area is 188 Å². The summed E-state index contributed by atoms with van der Waals surface area (Å²) in [5, 5.41) is 2.77. The molecule has 0 spiro atoms. The number of benzene rings is 2. The number of likely N-dealkylation sites (tertiary alicyclic amines) is 1. The van der Waals surface area contributed by atoms with Gasteiger partial charge in [-0.25, -0.2) is 0 Å². The van der Waals surface area contributed by atoms with Crippen LogP contribution in [-0.4, -0.2) is 49.1 Å². The minimum Gasteiger partial charge on any atom is -0.494 e. The van der Waals surface area contributed by atoms with Crippen molar-refractivity contribution in [1.82, 2.24) is 9.80 Å². The standard InChI is InChI=1S/C28H40N2O/c1-29-16-6-5-9-25(29)15-18-31-26-12-13-27-24(19-26)11-10-23-14-17-30(21-28(23)27)20-22-7-3-2-4-8-22/h10-13,19,22,25H,2-9,14-18,20-21H2,1H3. The zero-order valence-electron chi connectivity index (χ0n) is 19.5. The number of hydrogen-bond donors (Lipinski definition) is 0. The Balaban J connectivity index is 1.23. The molecule has 168 valence electrons. The van der Waals surface area contributed by atoms with E-state index >= 15 is 0 Å². The molecule has 1 unspecified atom stereocenters. The smallest absolute Gasteiger partial charge is 0.119 e. The van der Waals surface area contributed by atoms with E-state index in [0.29, 0.717) is 6.04 Å². The molecule has 2 heterocycles.